The summed E-state index contributed by atoms with van der Waals surface area (Å²) in [5.74, 6) is -1.51. The number of hydrogen-bond donors (Lipinski definition) is 2. The highest BCUT2D eigenvalue weighted by atomic mass is 35.5. The Kier molecular flexibility index (Phi) is 6.89. The highest BCUT2D eigenvalue weighted by molar-refractivity contribution is 7.89. The molecule has 29 heavy (non-hydrogen) atoms. The number of carbonyl (C=O) groups is 2. The molecule has 0 saturated carbocycles. The van der Waals surface area contributed by atoms with Crippen LogP contribution >= 0.6 is 11.6 Å². The normalized spacial score (nSPS) is 12.5. The number of benzene rings is 2. The molecule has 0 aromatic heterocycles. The van der Waals surface area contributed by atoms with E-state index in [1.54, 1.807) is 13.0 Å². The lowest BCUT2D eigenvalue weighted by atomic mass is 10.1. The van der Waals surface area contributed by atoms with Gasteiger partial charge in [-0.05, 0) is 49.7 Å². The van der Waals surface area contributed by atoms with E-state index in [1.165, 1.54) is 51.4 Å². The molecule has 2 rings (SSSR count). The minimum absolute atomic E-state index is 0.00959. The highest BCUT2D eigenvalue weighted by Gasteiger charge is 2.23. The SMILES string of the molecule is Cc1ccc(C(=O)O[C@@H](C)C(=O)Nc2ccc(Cl)c(S(=O)(=O)N(C)C)c2)cc1O. The van der Waals surface area contributed by atoms with Crippen LogP contribution in [0.2, 0.25) is 5.02 Å². The van der Waals surface area contributed by atoms with Crippen LogP contribution in [0.1, 0.15) is 22.8 Å². The van der Waals surface area contributed by atoms with Gasteiger partial charge < -0.3 is 15.2 Å². The van der Waals surface area contributed by atoms with Gasteiger partial charge in [-0.3, -0.25) is 4.79 Å². The smallest absolute Gasteiger partial charge is 0.339 e. The lowest BCUT2D eigenvalue weighted by molar-refractivity contribution is -0.123. The van der Waals surface area contributed by atoms with Crippen molar-refractivity contribution in [2.75, 3.05) is 19.4 Å². The Balaban J connectivity index is 2.13. The topological polar surface area (TPSA) is 113 Å². The molecule has 0 unspecified atom stereocenters. The van der Waals surface area contributed by atoms with Crippen LogP contribution < -0.4 is 5.32 Å². The summed E-state index contributed by atoms with van der Waals surface area (Å²) in [5, 5.41) is 12.2. The first-order chi connectivity index (χ1) is 13.4. The second-order valence-corrected chi connectivity index (χ2v) is 9.00. The quantitative estimate of drug-likeness (QED) is 0.668. The van der Waals surface area contributed by atoms with Gasteiger partial charge in [0.15, 0.2) is 6.10 Å². The first-order valence-electron chi connectivity index (χ1n) is 8.47. The molecule has 0 bridgehead atoms. The minimum Gasteiger partial charge on any atom is -0.508 e. The zero-order valence-electron chi connectivity index (χ0n) is 16.3. The van der Waals surface area contributed by atoms with E-state index in [9.17, 15) is 23.1 Å². The molecule has 0 aliphatic heterocycles. The average molecular weight is 441 g/mol. The molecule has 0 radical (unpaired) electrons. The fraction of sp³-hybridized carbons (Fsp3) is 0.263. The second kappa shape index (κ2) is 8.81. The molecule has 2 aromatic carbocycles. The minimum atomic E-state index is -3.81. The zero-order valence-corrected chi connectivity index (χ0v) is 17.8. The number of anilines is 1. The van der Waals surface area contributed by atoms with Crippen LogP contribution in [-0.2, 0) is 19.6 Å². The molecule has 1 atom stereocenters. The Morgan fingerprint density at radius 1 is 1.17 bits per heavy atom. The van der Waals surface area contributed by atoms with Crippen molar-refractivity contribution in [2.24, 2.45) is 0 Å². The van der Waals surface area contributed by atoms with E-state index in [0.717, 1.165) is 4.31 Å². The molecule has 156 valence electrons. The number of carbonyl (C=O) groups excluding carboxylic acids is 2. The molecule has 0 aliphatic carbocycles. The number of nitrogens with one attached hydrogen (secondary N) is 1. The Labute approximate surface area is 174 Å². The Morgan fingerprint density at radius 2 is 1.83 bits per heavy atom. The second-order valence-electron chi connectivity index (χ2n) is 6.47. The van der Waals surface area contributed by atoms with Gasteiger partial charge in [0.1, 0.15) is 10.6 Å². The molecule has 0 aliphatic rings. The number of phenols is 1. The number of hydrogen-bond acceptors (Lipinski definition) is 6. The monoisotopic (exact) mass is 440 g/mol. The predicted octanol–water partition coefficient (Wildman–Crippen LogP) is 2.79. The van der Waals surface area contributed by atoms with Crippen molar-refractivity contribution in [3.05, 3.63) is 52.5 Å². The van der Waals surface area contributed by atoms with Gasteiger partial charge in [-0.1, -0.05) is 17.7 Å². The molecular formula is C19H21ClN2O6S. The molecule has 0 spiro atoms. The molecule has 10 heteroatoms. The lowest BCUT2D eigenvalue weighted by Gasteiger charge is -2.16. The largest absolute Gasteiger partial charge is 0.508 e. The molecule has 8 nitrogen and oxygen atoms in total. The summed E-state index contributed by atoms with van der Waals surface area (Å²) < 4.78 is 30.7. The van der Waals surface area contributed by atoms with Gasteiger partial charge in [0.2, 0.25) is 10.0 Å². The Morgan fingerprint density at radius 3 is 2.41 bits per heavy atom. The number of nitrogens with zero attached hydrogens (tertiary/aromatic N) is 1. The lowest BCUT2D eigenvalue weighted by Crippen LogP contribution is -2.30. The van der Waals surface area contributed by atoms with Crippen molar-refractivity contribution < 1.29 is 27.9 Å². The molecule has 2 aromatic rings. The molecular weight excluding hydrogens is 420 g/mol. The van der Waals surface area contributed by atoms with Gasteiger partial charge in [-0.15, -0.1) is 0 Å². The summed E-state index contributed by atoms with van der Waals surface area (Å²) in [6.45, 7) is 3.05. The van der Waals surface area contributed by atoms with Crippen LogP contribution in [0.15, 0.2) is 41.3 Å². The van der Waals surface area contributed by atoms with Gasteiger partial charge >= 0.3 is 5.97 Å². The van der Waals surface area contributed by atoms with E-state index >= 15 is 0 Å². The van der Waals surface area contributed by atoms with Crippen LogP contribution in [0, 0.1) is 6.92 Å². The van der Waals surface area contributed by atoms with Crippen molar-refractivity contribution >= 4 is 39.2 Å². The van der Waals surface area contributed by atoms with Crippen LogP contribution in [0.25, 0.3) is 0 Å². The number of halogens is 1. The standard InChI is InChI=1S/C19H21ClN2O6S/c1-11-5-6-13(9-16(11)23)19(25)28-12(2)18(24)21-14-7-8-15(20)17(10-14)29(26,27)22(3)4/h5-10,12,23H,1-4H3,(H,21,24)/t12-/m0/s1. The fourth-order valence-electron chi connectivity index (χ4n) is 2.24. The predicted molar refractivity (Wildman–Crippen MR) is 109 cm³/mol. The molecule has 0 fully saturated rings. The van der Waals surface area contributed by atoms with Crippen molar-refractivity contribution in [2.45, 2.75) is 24.8 Å². The van der Waals surface area contributed by atoms with E-state index in [4.69, 9.17) is 16.3 Å². The van der Waals surface area contributed by atoms with E-state index in [2.05, 4.69) is 5.32 Å². The van der Waals surface area contributed by atoms with Crippen molar-refractivity contribution in [1.29, 1.82) is 0 Å². The number of rotatable bonds is 6. The van der Waals surface area contributed by atoms with Gasteiger partial charge in [0.05, 0.1) is 10.6 Å². The first-order valence-corrected chi connectivity index (χ1v) is 10.3. The zero-order chi connectivity index (χ0) is 21.9. The van der Waals surface area contributed by atoms with Crippen LogP contribution in [-0.4, -0.2) is 49.9 Å². The van der Waals surface area contributed by atoms with Crippen molar-refractivity contribution in [3.8, 4) is 5.75 Å². The maximum atomic E-state index is 12.3. The Bertz CT molecular complexity index is 1050. The molecule has 0 saturated heterocycles. The maximum absolute atomic E-state index is 12.3. The van der Waals surface area contributed by atoms with Gasteiger partial charge in [-0.2, -0.15) is 0 Å². The van der Waals surface area contributed by atoms with E-state index in [1.807, 2.05) is 0 Å². The van der Waals surface area contributed by atoms with E-state index in [-0.39, 0.29) is 26.9 Å². The summed E-state index contributed by atoms with van der Waals surface area (Å²) in [6, 6.07) is 8.28. The summed E-state index contributed by atoms with van der Waals surface area (Å²) >= 11 is 5.98. The summed E-state index contributed by atoms with van der Waals surface area (Å²) in [7, 11) is -1.08. The van der Waals surface area contributed by atoms with Crippen LogP contribution in [0.4, 0.5) is 5.69 Å². The molecule has 2 N–H and O–H groups in total. The molecule has 0 heterocycles. The van der Waals surface area contributed by atoms with Gasteiger partial charge in [-0.25, -0.2) is 17.5 Å². The fourth-order valence-corrected chi connectivity index (χ4v) is 3.63. The number of ether oxygens (including phenoxy) is 1. The first kappa shape index (κ1) is 22.7. The number of phenolic OH excluding ortho intramolecular Hbond substituents is 1. The number of aryl methyl sites for hydroxylation is 1. The van der Waals surface area contributed by atoms with Gasteiger partial charge in [0.25, 0.3) is 5.91 Å². The highest BCUT2D eigenvalue weighted by Crippen LogP contribution is 2.27. The third-order valence-corrected chi connectivity index (χ3v) is 6.35. The summed E-state index contributed by atoms with van der Waals surface area (Å²) in [6.07, 6.45) is -1.17. The van der Waals surface area contributed by atoms with Crippen molar-refractivity contribution in [3.63, 3.8) is 0 Å². The average Bonchev–Trinajstić information content (AvgIpc) is 2.64. The van der Waals surface area contributed by atoms with E-state index < -0.39 is 28.0 Å². The number of esters is 1. The van der Waals surface area contributed by atoms with Gasteiger partial charge in [0, 0.05) is 19.8 Å². The maximum Gasteiger partial charge on any atom is 0.339 e. The summed E-state index contributed by atoms with van der Waals surface area (Å²) in [5.41, 5.74) is 0.868. The van der Waals surface area contributed by atoms with Crippen LogP contribution in [0.3, 0.4) is 0 Å². The molecule has 1 amide bonds. The number of aromatic hydroxyl groups is 1. The van der Waals surface area contributed by atoms with E-state index in [0.29, 0.717) is 5.56 Å². The van der Waals surface area contributed by atoms with Crippen LogP contribution in [0.5, 0.6) is 5.75 Å². The Hall–Kier alpha value is -2.62. The number of sulfonamides is 1. The summed E-state index contributed by atoms with van der Waals surface area (Å²) in [4.78, 5) is 24.3. The number of amides is 1. The third kappa shape index (κ3) is 5.26. The third-order valence-electron chi connectivity index (χ3n) is 4.06. The van der Waals surface area contributed by atoms with Crippen molar-refractivity contribution in [1.82, 2.24) is 4.31 Å².